The normalized spacial score (nSPS) is 12.4. The molecule has 4 heteroatoms. The minimum atomic E-state index is -0.217. The van der Waals surface area contributed by atoms with Gasteiger partial charge in [0.25, 0.3) is 0 Å². The van der Waals surface area contributed by atoms with E-state index < -0.39 is 0 Å². The standard InChI is InChI=1S/C13H15N3O/c1-9(17)12-8-15-13(16-12)11(14)7-10-5-3-2-4-6-10/h2-6,8,11H,7,14H2,1H3,(H,15,16)/t11-/m0/s1. The molecule has 88 valence electrons. The molecule has 1 atom stereocenters. The Hall–Kier alpha value is -1.94. The van der Waals surface area contributed by atoms with Crippen molar-refractivity contribution in [2.75, 3.05) is 0 Å². The smallest absolute Gasteiger partial charge is 0.177 e. The first kappa shape index (κ1) is 11.5. The molecule has 0 fully saturated rings. The van der Waals surface area contributed by atoms with E-state index in [9.17, 15) is 4.79 Å². The molecular weight excluding hydrogens is 214 g/mol. The number of rotatable bonds is 4. The average molecular weight is 229 g/mol. The maximum atomic E-state index is 11.1. The summed E-state index contributed by atoms with van der Waals surface area (Å²) >= 11 is 0. The van der Waals surface area contributed by atoms with Crippen molar-refractivity contribution in [3.05, 3.63) is 53.6 Å². The number of H-pyrrole nitrogens is 1. The van der Waals surface area contributed by atoms with Crippen molar-refractivity contribution >= 4 is 5.78 Å². The molecule has 0 aliphatic carbocycles. The fraction of sp³-hybridized carbons (Fsp3) is 0.231. The third kappa shape index (κ3) is 2.79. The Kier molecular flexibility index (Phi) is 3.35. The molecule has 3 N–H and O–H groups in total. The van der Waals surface area contributed by atoms with Gasteiger partial charge in [0, 0.05) is 6.92 Å². The molecule has 2 aromatic rings. The molecule has 0 unspecified atom stereocenters. The molecule has 4 nitrogen and oxygen atoms in total. The van der Waals surface area contributed by atoms with Crippen LogP contribution in [0.25, 0.3) is 0 Å². The summed E-state index contributed by atoms with van der Waals surface area (Å²) in [5.74, 6) is 0.620. The summed E-state index contributed by atoms with van der Waals surface area (Å²) in [4.78, 5) is 18.2. The summed E-state index contributed by atoms with van der Waals surface area (Å²) in [5, 5.41) is 0. The Bertz CT molecular complexity index is 504. The number of benzene rings is 1. The average Bonchev–Trinajstić information content (AvgIpc) is 2.79. The predicted octanol–water partition coefficient (Wildman–Crippen LogP) is 1.85. The van der Waals surface area contributed by atoms with Crippen LogP contribution in [-0.4, -0.2) is 15.8 Å². The lowest BCUT2D eigenvalue weighted by atomic mass is 10.1. The van der Waals surface area contributed by atoms with E-state index in [4.69, 9.17) is 5.73 Å². The van der Waals surface area contributed by atoms with Gasteiger partial charge in [-0.25, -0.2) is 4.98 Å². The SMILES string of the molecule is CC(=O)c1cnc([C@@H](N)Cc2ccccc2)[nH]1. The predicted molar refractivity (Wildman–Crippen MR) is 65.7 cm³/mol. The molecule has 17 heavy (non-hydrogen) atoms. The first-order chi connectivity index (χ1) is 8.16. The second kappa shape index (κ2) is 4.93. The van der Waals surface area contributed by atoms with Crippen molar-refractivity contribution < 1.29 is 4.79 Å². The minimum absolute atomic E-state index is 0.0318. The molecule has 1 aromatic carbocycles. The number of Topliss-reactive ketones (excluding diaryl/α,β-unsaturated/α-hetero) is 1. The zero-order valence-electron chi connectivity index (χ0n) is 9.68. The number of ketones is 1. The van der Waals surface area contributed by atoms with E-state index in [-0.39, 0.29) is 11.8 Å². The number of hydrogen-bond donors (Lipinski definition) is 2. The topological polar surface area (TPSA) is 71.8 Å². The van der Waals surface area contributed by atoms with Gasteiger partial charge in [-0.2, -0.15) is 0 Å². The molecule has 0 radical (unpaired) electrons. The number of imidazole rings is 1. The highest BCUT2D eigenvalue weighted by Gasteiger charge is 2.12. The lowest BCUT2D eigenvalue weighted by Crippen LogP contribution is -2.15. The van der Waals surface area contributed by atoms with Crippen LogP contribution < -0.4 is 5.73 Å². The number of nitrogens with zero attached hydrogens (tertiary/aromatic N) is 1. The third-order valence-electron chi connectivity index (χ3n) is 2.62. The van der Waals surface area contributed by atoms with Crippen LogP contribution in [0.15, 0.2) is 36.5 Å². The summed E-state index contributed by atoms with van der Waals surface area (Å²) in [5.41, 5.74) is 7.69. The first-order valence-electron chi connectivity index (χ1n) is 5.52. The van der Waals surface area contributed by atoms with Gasteiger partial charge in [0.15, 0.2) is 5.78 Å². The van der Waals surface area contributed by atoms with Crippen LogP contribution in [-0.2, 0) is 6.42 Å². The van der Waals surface area contributed by atoms with E-state index in [0.717, 1.165) is 5.56 Å². The Morgan fingerprint density at radius 2 is 2.12 bits per heavy atom. The molecule has 1 heterocycles. The van der Waals surface area contributed by atoms with Gasteiger partial charge in [0.2, 0.25) is 0 Å². The quantitative estimate of drug-likeness (QED) is 0.786. The highest BCUT2D eigenvalue weighted by atomic mass is 16.1. The lowest BCUT2D eigenvalue weighted by molar-refractivity contribution is 0.101. The molecule has 2 rings (SSSR count). The largest absolute Gasteiger partial charge is 0.338 e. The van der Waals surface area contributed by atoms with Crippen LogP contribution >= 0.6 is 0 Å². The van der Waals surface area contributed by atoms with Gasteiger partial charge in [-0.05, 0) is 12.0 Å². The molecule has 0 amide bonds. The second-order valence-corrected chi connectivity index (χ2v) is 4.03. The number of aromatic nitrogens is 2. The fourth-order valence-corrected chi connectivity index (χ4v) is 1.67. The van der Waals surface area contributed by atoms with E-state index in [0.29, 0.717) is 17.9 Å². The number of carbonyl (C=O) groups excluding carboxylic acids is 1. The van der Waals surface area contributed by atoms with Crippen LogP contribution in [0.3, 0.4) is 0 Å². The molecule has 0 aliphatic rings. The van der Waals surface area contributed by atoms with E-state index in [1.54, 1.807) is 0 Å². The number of aromatic amines is 1. The minimum Gasteiger partial charge on any atom is -0.338 e. The van der Waals surface area contributed by atoms with Crippen molar-refractivity contribution in [1.82, 2.24) is 9.97 Å². The van der Waals surface area contributed by atoms with Crippen molar-refractivity contribution in [2.45, 2.75) is 19.4 Å². The first-order valence-corrected chi connectivity index (χ1v) is 5.52. The molecule has 0 saturated carbocycles. The van der Waals surface area contributed by atoms with Crippen LogP contribution in [0.5, 0.6) is 0 Å². The number of hydrogen-bond acceptors (Lipinski definition) is 3. The zero-order valence-corrected chi connectivity index (χ0v) is 9.68. The van der Waals surface area contributed by atoms with Gasteiger partial charge in [0.1, 0.15) is 11.5 Å². The Balaban J connectivity index is 2.09. The summed E-state index contributed by atoms with van der Waals surface area (Å²) in [6.45, 7) is 1.50. The van der Waals surface area contributed by atoms with Gasteiger partial charge in [0.05, 0.1) is 12.2 Å². The van der Waals surface area contributed by atoms with Gasteiger partial charge in [-0.3, -0.25) is 4.79 Å². The van der Waals surface area contributed by atoms with Crippen molar-refractivity contribution in [3.8, 4) is 0 Å². The Labute approximate surface area is 99.9 Å². The summed E-state index contributed by atoms with van der Waals surface area (Å²) in [6, 6.07) is 9.75. The summed E-state index contributed by atoms with van der Waals surface area (Å²) < 4.78 is 0. The van der Waals surface area contributed by atoms with Gasteiger partial charge in [-0.1, -0.05) is 30.3 Å². The zero-order chi connectivity index (χ0) is 12.3. The fourth-order valence-electron chi connectivity index (χ4n) is 1.67. The van der Waals surface area contributed by atoms with Crippen molar-refractivity contribution in [1.29, 1.82) is 0 Å². The van der Waals surface area contributed by atoms with E-state index in [2.05, 4.69) is 9.97 Å². The lowest BCUT2D eigenvalue weighted by Gasteiger charge is -2.08. The highest BCUT2D eigenvalue weighted by molar-refractivity contribution is 5.91. The van der Waals surface area contributed by atoms with Gasteiger partial charge >= 0.3 is 0 Å². The summed E-state index contributed by atoms with van der Waals surface area (Å²) in [7, 11) is 0. The molecule has 0 saturated heterocycles. The second-order valence-electron chi connectivity index (χ2n) is 4.03. The molecule has 0 bridgehead atoms. The van der Waals surface area contributed by atoms with Crippen molar-refractivity contribution in [2.24, 2.45) is 5.73 Å². The Morgan fingerprint density at radius 3 is 2.71 bits per heavy atom. The van der Waals surface area contributed by atoms with E-state index >= 15 is 0 Å². The highest BCUT2D eigenvalue weighted by Crippen LogP contribution is 2.13. The van der Waals surface area contributed by atoms with Crippen molar-refractivity contribution in [3.63, 3.8) is 0 Å². The van der Waals surface area contributed by atoms with Gasteiger partial charge < -0.3 is 10.7 Å². The van der Waals surface area contributed by atoms with Crippen LogP contribution in [0.1, 0.15) is 34.8 Å². The van der Waals surface area contributed by atoms with Crippen LogP contribution in [0.4, 0.5) is 0 Å². The third-order valence-corrected chi connectivity index (χ3v) is 2.62. The molecule has 1 aromatic heterocycles. The van der Waals surface area contributed by atoms with Crippen LogP contribution in [0, 0.1) is 0 Å². The Morgan fingerprint density at radius 1 is 1.41 bits per heavy atom. The molecule has 0 aliphatic heterocycles. The maximum Gasteiger partial charge on any atom is 0.177 e. The molecule has 0 spiro atoms. The van der Waals surface area contributed by atoms with E-state index in [1.807, 2.05) is 30.3 Å². The summed E-state index contributed by atoms with van der Waals surface area (Å²) in [6.07, 6.45) is 2.23. The maximum absolute atomic E-state index is 11.1. The number of carbonyl (C=O) groups is 1. The van der Waals surface area contributed by atoms with Crippen LogP contribution in [0.2, 0.25) is 0 Å². The van der Waals surface area contributed by atoms with E-state index in [1.165, 1.54) is 13.1 Å². The van der Waals surface area contributed by atoms with Gasteiger partial charge in [-0.15, -0.1) is 0 Å². The monoisotopic (exact) mass is 229 g/mol. The number of nitrogens with one attached hydrogen (secondary N) is 1. The molecular formula is C13H15N3O. The number of nitrogens with two attached hydrogens (primary N) is 1.